The fourth-order valence-electron chi connectivity index (χ4n) is 3.30. The molecule has 0 radical (unpaired) electrons. The van der Waals surface area contributed by atoms with E-state index in [-0.39, 0.29) is 12.1 Å². The first-order valence-electron chi connectivity index (χ1n) is 6.49. The third kappa shape index (κ3) is 1.84. The Morgan fingerprint density at radius 1 is 1.35 bits per heavy atom. The first-order valence-corrected chi connectivity index (χ1v) is 6.49. The lowest BCUT2D eigenvalue weighted by molar-refractivity contribution is -0.133. The molecule has 0 aromatic rings. The Morgan fingerprint density at radius 2 is 2.00 bits per heavy atom. The van der Waals surface area contributed by atoms with Crippen LogP contribution in [0.5, 0.6) is 0 Å². The summed E-state index contributed by atoms with van der Waals surface area (Å²) in [5, 5.41) is 3.33. The summed E-state index contributed by atoms with van der Waals surface area (Å²) in [6.07, 6.45) is 3.49. The molecule has 1 heterocycles. The van der Waals surface area contributed by atoms with Crippen molar-refractivity contribution in [3.63, 3.8) is 0 Å². The van der Waals surface area contributed by atoms with E-state index in [2.05, 4.69) is 5.32 Å². The van der Waals surface area contributed by atoms with Gasteiger partial charge in [0.1, 0.15) is 0 Å². The van der Waals surface area contributed by atoms with E-state index in [4.69, 9.17) is 0 Å². The summed E-state index contributed by atoms with van der Waals surface area (Å²) in [5.41, 5.74) is -0.456. The zero-order chi connectivity index (χ0) is 12.0. The third-order valence-electron chi connectivity index (χ3n) is 4.36. The lowest BCUT2D eigenvalue weighted by Gasteiger charge is -2.28. The van der Waals surface area contributed by atoms with Crippen molar-refractivity contribution in [3.8, 4) is 0 Å². The maximum Gasteiger partial charge on any atom is 0.255 e. The van der Waals surface area contributed by atoms with Gasteiger partial charge in [-0.1, -0.05) is 12.8 Å². The summed E-state index contributed by atoms with van der Waals surface area (Å²) >= 11 is 0. The van der Waals surface area contributed by atoms with Crippen LogP contribution in [0.2, 0.25) is 0 Å². The molecule has 0 aromatic carbocycles. The van der Waals surface area contributed by atoms with Crippen molar-refractivity contribution >= 4 is 5.91 Å². The molecule has 3 aliphatic rings. The molecule has 1 N–H and O–H groups in total. The van der Waals surface area contributed by atoms with Crippen LogP contribution in [-0.2, 0) is 4.79 Å². The second-order valence-corrected chi connectivity index (χ2v) is 5.56. The van der Waals surface area contributed by atoms with E-state index in [0.717, 1.165) is 38.5 Å². The number of nitrogens with zero attached hydrogens (tertiary/aromatic N) is 1. The van der Waals surface area contributed by atoms with Crippen LogP contribution in [0.15, 0.2) is 0 Å². The minimum Gasteiger partial charge on any atom is -0.320 e. The van der Waals surface area contributed by atoms with Crippen molar-refractivity contribution < 1.29 is 13.6 Å². The predicted octanol–water partition coefficient (Wildman–Crippen LogP) is 1.73. The quantitative estimate of drug-likeness (QED) is 0.820. The van der Waals surface area contributed by atoms with Gasteiger partial charge >= 0.3 is 0 Å². The van der Waals surface area contributed by atoms with Crippen molar-refractivity contribution in [2.24, 2.45) is 5.92 Å². The molecule has 5 heteroatoms. The minimum absolute atomic E-state index is 0.0882. The molecule has 1 spiro atoms. The molecule has 96 valence electrons. The highest BCUT2D eigenvalue weighted by atomic mass is 19.3. The van der Waals surface area contributed by atoms with E-state index >= 15 is 0 Å². The van der Waals surface area contributed by atoms with Crippen LogP contribution in [0, 0.1) is 5.92 Å². The lowest BCUT2D eigenvalue weighted by atomic mass is 10.0. The first kappa shape index (κ1) is 11.4. The average molecular weight is 244 g/mol. The number of rotatable bonds is 3. The highest BCUT2D eigenvalue weighted by molar-refractivity contribution is 5.91. The molecule has 3 nitrogen and oxygen atoms in total. The Bertz CT molecular complexity index is 324. The van der Waals surface area contributed by atoms with Gasteiger partial charge in [0.25, 0.3) is 6.43 Å². The summed E-state index contributed by atoms with van der Waals surface area (Å²) in [7, 11) is 0. The van der Waals surface area contributed by atoms with Gasteiger partial charge < -0.3 is 4.90 Å². The molecule has 0 bridgehead atoms. The van der Waals surface area contributed by atoms with Crippen molar-refractivity contribution in [1.29, 1.82) is 0 Å². The van der Waals surface area contributed by atoms with E-state index < -0.39 is 18.5 Å². The summed E-state index contributed by atoms with van der Waals surface area (Å²) in [6.45, 7) is -0.408. The smallest absolute Gasteiger partial charge is 0.255 e. The molecular formula is C12H18F2N2O. The fourth-order valence-corrected chi connectivity index (χ4v) is 3.30. The molecule has 2 saturated carbocycles. The zero-order valence-corrected chi connectivity index (χ0v) is 9.79. The van der Waals surface area contributed by atoms with Crippen molar-refractivity contribution in [3.05, 3.63) is 0 Å². The second-order valence-electron chi connectivity index (χ2n) is 5.56. The number of amides is 1. The molecule has 0 aromatic heterocycles. The van der Waals surface area contributed by atoms with Crippen LogP contribution in [0.3, 0.4) is 0 Å². The summed E-state index contributed by atoms with van der Waals surface area (Å²) in [6, 6.07) is 0. The van der Waals surface area contributed by atoms with E-state index in [9.17, 15) is 13.6 Å². The van der Waals surface area contributed by atoms with Crippen LogP contribution in [-0.4, -0.2) is 35.5 Å². The van der Waals surface area contributed by atoms with Crippen LogP contribution in [0.4, 0.5) is 8.78 Å². The summed E-state index contributed by atoms with van der Waals surface area (Å²) in [5.74, 6) is 0.285. The molecule has 2 aliphatic carbocycles. The maximum absolute atomic E-state index is 12.6. The van der Waals surface area contributed by atoms with Crippen LogP contribution in [0.25, 0.3) is 0 Å². The number of halogens is 2. The molecular weight excluding hydrogens is 226 g/mol. The van der Waals surface area contributed by atoms with E-state index in [1.807, 2.05) is 0 Å². The number of carbonyl (C=O) groups excluding carboxylic acids is 1. The molecule has 1 amide bonds. The van der Waals surface area contributed by atoms with Crippen LogP contribution in [0.1, 0.15) is 38.5 Å². The Morgan fingerprint density at radius 3 is 2.53 bits per heavy atom. The second kappa shape index (κ2) is 3.90. The Kier molecular flexibility index (Phi) is 2.61. The number of alkyl halides is 2. The predicted molar refractivity (Wildman–Crippen MR) is 58.6 cm³/mol. The monoisotopic (exact) mass is 244 g/mol. The Hall–Kier alpha value is -0.710. The summed E-state index contributed by atoms with van der Waals surface area (Å²) in [4.78, 5) is 13.5. The molecule has 3 fully saturated rings. The molecule has 1 saturated heterocycles. The van der Waals surface area contributed by atoms with Gasteiger partial charge in [0, 0.05) is 0 Å². The van der Waals surface area contributed by atoms with Crippen LogP contribution >= 0.6 is 0 Å². The Balaban J connectivity index is 1.77. The zero-order valence-electron chi connectivity index (χ0n) is 9.79. The van der Waals surface area contributed by atoms with Gasteiger partial charge in [-0.25, -0.2) is 8.78 Å². The molecule has 1 aliphatic heterocycles. The normalized spacial score (nSPS) is 32.1. The standard InChI is InChI=1S/C12H18F2N2O/c13-9(14)7-16-10(8-3-1-2-4-8)15-12(5-6-12)11(16)17/h8-10,15H,1-7H2. The van der Waals surface area contributed by atoms with Gasteiger partial charge in [0.15, 0.2) is 0 Å². The lowest BCUT2D eigenvalue weighted by Crippen LogP contribution is -2.44. The van der Waals surface area contributed by atoms with Gasteiger partial charge in [0.2, 0.25) is 5.91 Å². The fraction of sp³-hybridized carbons (Fsp3) is 0.917. The highest BCUT2D eigenvalue weighted by Gasteiger charge is 2.60. The van der Waals surface area contributed by atoms with Gasteiger partial charge in [0.05, 0.1) is 18.2 Å². The topological polar surface area (TPSA) is 32.3 Å². The highest BCUT2D eigenvalue weighted by Crippen LogP contribution is 2.45. The van der Waals surface area contributed by atoms with Gasteiger partial charge in [-0.3, -0.25) is 10.1 Å². The van der Waals surface area contributed by atoms with Crippen LogP contribution < -0.4 is 5.32 Å². The number of nitrogens with one attached hydrogen (secondary N) is 1. The van der Waals surface area contributed by atoms with Gasteiger partial charge in [-0.05, 0) is 31.6 Å². The largest absolute Gasteiger partial charge is 0.320 e. The molecule has 1 atom stereocenters. The van der Waals surface area contributed by atoms with Crippen molar-refractivity contribution in [1.82, 2.24) is 10.2 Å². The number of hydrogen-bond donors (Lipinski definition) is 1. The van der Waals surface area contributed by atoms with Crippen molar-refractivity contribution in [2.75, 3.05) is 6.54 Å². The number of carbonyl (C=O) groups is 1. The molecule has 3 rings (SSSR count). The Labute approximate surface area is 99.5 Å². The van der Waals surface area contributed by atoms with E-state index in [1.165, 1.54) is 4.90 Å². The molecule has 17 heavy (non-hydrogen) atoms. The van der Waals surface area contributed by atoms with Crippen molar-refractivity contribution in [2.45, 2.75) is 56.7 Å². The first-order chi connectivity index (χ1) is 8.12. The average Bonchev–Trinajstić information content (AvgIpc) is 2.76. The maximum atomic E-state index is 12.6. The van der Waals surface area contributed by atoms with E-state index in [1.54, 1.807) is 0 Å². The number of hydrogen-bond acceptors (Lipinski definition) is 2. The van der Waals surface area contributed by atoms with Gasteiger partial charge in [-0.15, -0.1) is 0 Å². The van der Waals surface area contributed by atoms with Gasteiger partial charge in [-0.2, -0.15) is 0 Å². The summed E-state index contributed by atoms with van der Waals surface area (Å²) < 4.78 is 25.1. The van der Waals surface area contributed by atoms with E-state index in [0.29, 0.717) is 5.92 Å². The SMILES string of the molecule is O=C1N(CC(F)F)C(C2CCCC2)NC12CC2. The minimum atomic E-state index is -2.43. The third-order valence-corrected chi connectivity index (χ3v) is 4.36. The molecule has 1 unspecified atom stereocenters.